The van der Waals surface area contributed by atoms with Crippen LogP contribution < -0.4 is 20.1 Å². The molecule has 40 heavy (non-hydrogen) atoms. The Morgan fingerprint density at radius 1 is 1.10 bits per heavy atom. The van der Waals surface area contributed by atoms with Crippen molar-refractivity contribution in [1.29, 1.82) is 0 Å². The number of rotatable bonds is 8. The van der Waals surface area contributed by atoms with Gasteiger partial charge in [0, 0.05) is 36.0 Å². The number of ether oxygens (including phenoxy) is 3. The fraction of sp³-hybridized carbons (Fsp3) is 0.464. The molecule has 12 heteroatoms. The lowest BCUT2D eigenvalue weighted by atomic mass is 9.90. The molecule has 2 aliphatic rings. The molecule has 3 aromatic rings. The van der Waals surface area contributed by atoms with Gasteiger partial charge in [-0.25, -0.2) is 14.8 Å². The molecule has 1 aliphatic carbocycles. The maximum absolute atomic E-state index is 13.8. The van der Waals surface area contributed by atoms with Gasteiger partial charge in [0.15, 0.2) is 0 Å². The summed E-state index contributed by atoms with van der Waals surface area (Å²) in [6, 6.07) is 5.35. The van der Waals surface area contributed by atoms with Crippen LogP contribution in [0.1, 0.15) is 53.0 Å². The van der Waals surface area contributed by atoms with E-state index >= 15 is 0 Å². The summed E-state index contributed by atoms with van der Waals surface area (Å²) < 4.78 is 17.5. The van der Waals surface area contributed by atoms with Crippen LogP contribution in [0.3, 0.4) is 0 Å². The number of methoxy groups -OCH3 is 3. The predicted molar refractivity (Wildman–Crippen MR) is 147 cm³/mol. The minimum atomic E-state index is -0.463. The maximum atomic E-state index is 13.8. The van der Waals surface area contributed by atoms with Gasteiger partial charge in [0.05, 0.1) is 63.6 Å². The minimum Gasteiger partial charge on any atom is -0.497 e. The lowest BCUT2D eigenvalue weighted by molar-refractivity contribution is 0.0765. The number of nitrogens with one attached hydrogen (secondary N) is 2. The van der Waals surface area contributed by atoms with E-state index in [0.29, 0.717) is 47.5 Å². The van der Waals surface area contributed by atoms with Crippen LogP contribution in [0, 0.1) is 6.92 Å². The fourth-order valence-corrected chi connectivity index (χ4v) is 5.42. The molecule has 2 aromatic heterocycles. The summed E-state index contributed by atoms with van der Waals surface area (Å²) in [6.45, 7) is 2.60. The lowest BCUT2D eigenvalue weighted by Gasteiger charge is -2.32. The molecule has 1 aromatic carbocycles. The zero-order chi connectivity index (χ0) is 28.4. The zero-order valence-corrected chi connectivity index (χ0v) is 23.5. The van der Waals surface area contributed by atoms with E-state index in [1.54, 1.807) is 36.1 Å². The van der Waals surface area contributed by atoms with Gasteiger partial charge in [-0.05, 0) is 31.9 Å². The number of alkyl carbamates (subject to hydrolysis) is 1. The van der Waals surface area contributed by atoms with Crippen LogP contribution in [0.2, 0.25) is 0 Å². The minimum absolute atomic E-state index is 0.0782. The van der Waals surface area contributed by atoms with Gasteiger partial charge in [-0.1, -0.05) is 12.8 Å². The number of aromatic nitrogens is 4. The second kappa shape index (κ2) is 11.4. The van der Waals surface area contributed by atoms with Gasteiger partial charge in [0.2, 0.25) is 5.95 Å². The Bertz CT molecular complexity index is 1420. The molecule has 0 saturated heterocycles. The molecule has 5 rings (SSSR count). The monoisotopic (exact) mass is 549 g/mol. The van der Waals surface area contributed by atoms with Crippen LogP contribution in [0.4, 0.5) is 10.7 Å². The van der Waals surface area contributed by atoms with Crippen molar-refractivity contribution in [2.45, 2.75) is 57.8 Å². The number of nitrogens with zero attached hydrogens (tertiary/aromatic N) is 5. The second-order valence-electron chi connectivity index (χ2n) is 10.1. The Balaban J connectivity index is 1.49. The standard InChI is InChI=1S/C28H35N7O5/c1-16-19(13-29-34(16)2)25-24-22(15-35(26(24)36)14-17-10-11-18(38-3)12-23(17)39-4)31-27(33-25)30-20-8-6-7-9-21(20)32-28(37)40-5/h10-13,20-21H,6-9,14-15H2,1-5H3,(H,32,37)(H,30,31,33)/t20-,21+/m1/s1. The van der Waals surface area contributed by atoms with Gasteiger partial charge in [-0.3, -0.25) is 9.48 Å². The van der Waals surface area contributed by atoms with Gasteiger partial charge >= 0.3 is 6.09 Å². The molecule has 212 valence electrons. The molecular weight excluding hydrogens is 514 g/mol. The number of amides is 2. The molecule has 2 amide bonds. The van der Waals surface area contributed by atoms with Crippen molar-refractivity contribution in [2.75, 3.05) is 26.6 Å². The molecule has 12 nitrogen and oxygen atoms in total. The number of carbonyl (C=O) groups is 2. The van der Waals surface area contributed by atoms with Crippen molar-refractivity contribution in [1.82, 2.24) is 30.0 Å². The smallest absolute Gasteiger partial charge is 0.407 e. The van der Waals surface area contributed by atoms with Crippen LogP contribution in [0.15, 0.2) is 24.4 Å². The van der Waals surface area contributed by atoms with E-state index in [2.05, 4.69) is 15.7 Å². The first-order chi connectivity index (χ1) is 19.3. The molecule has 1 saturated carbocycles. The summed E-state index contributed by atoms with van der Waals surface area (Å²) in [7, 11) is 6.41. The molecule has 0 unspecified atom stereocenters. The summed E-state index contributed by atoms with van der Waals surface area (Å²) in [4.78, 5) is 37.2. The number of hydrogen-bond donors (Lipinski definition) is 2. The number of anilines is 1. The maximum Gasteiger partial charge on any atom is 0.407 e. The molecule has 0 radical (unpaired) electrons. The van der Waals surface area contributed by atoms with Gasteiger partial charge in [0.1, 0.15) is 11.5 Å². The van der Waals surface area contributed by atoms with Crippen LogP contribution in [0.5, 0.6) is 11.5 Å². The van der Waals surface area contributed by atoms with Crippen molar-refractivity contribution < 1.29 is 23.8 Å². The molecule has 0 bridgehead atoms. The molecular formula is C28H35N7O5. The highest BCUT2D eigenvalue weighted by Crippen LogP contribution is 2.35. The number of carbonyl (C=O) groups excluding carboxylic acids is 2. The molecule has 2 N–H and O–H groups in total. The topological polar surface area (TPSA) is 133 Å². The largest absolute Gasteiger partial charge is 0.497 e. The van der Waals surface area contributed by atoms with Crippen LogP contribution in [0.25, 0.3) is 11.3 Å². The Morgan fingerprint density at radius 3 is 2.55 bits per heavy atom. The van der Waals surface area contributed by atoms with Crippen molar-refractivity contribution in [3.05, 3.63) is 46.9 Å². The molecule has 3 heterocycles. The summed E-state index contributed by atoms with van der Waals surface area (Å²) in [6.07, 6.45) is 4.96. The Labute approximate surface area is 233 Å². The SMILES string of the molecule is COC(=O)N[C@H]1CCCC[C@H]1Nc1nc2c(c(-c3cnn(C)c3C)n1)C(=O)N(Cc1ccc(OC)cc1OC)C2. The van der Waals surface area contributed by atoms with E-state index in [9.17, 15) is 9.59 Å². The number of fused-ring (bicyclic) bond motifs is 1. The lowest BCUT2D eigenvalue weighted by Crippen LogP contribution is -2.48. The van der Waals surface area contributed by atoms with Crippen molar-refractivity contribution in [3.8, 4) is 22.8 Å². The Hall–Kier alpha value is -4.35. The zero-order valence-electron chi connectivity index (χ0n) is 23.5. The van der Waals surface area contributed by atoms with E-state index in [-0.39, 0.29) is 18.0 Å². The first-order valence-electron chi connectivity index (χ1n) is 13.3. The van der Waals surface area contributed by atoms with E-state index < -0.39 is 6.09 Å². The summed E-state index contributed by atoms with van der Waals surface area (Å²) >= 11 is 0. The third-order valence-electron chi connectivity index (χ3n) is 7.74. The number of benzene rings is 1. The van der Waals surface area contributed by atoms with Crippen molar-refractivity contribution >= 4 is 17.9 Å². The average molecular weight is 550 g/mol. The quantitative estimate of drug-likeness (QED) is 0.434. The van der Waals surface area contributed by atoms with Gasteiger partial charge in [0.25, 0.3) is 5.91 Å². The number of hydrogen-bond acceptors (Lipinski definition) is 9. The first kappa shape index (κ1) is 27.2. The fourth-order valence-electron chi connectivity index (χ4n) is 5.42. The number of aryl methyl sites for hydroxylation is 1. The highest BCUT2D eigenvalue weighted by atomic mass is 16.5. The molecule has 2 atom stereocenters. The van der Waals surface area contributed by atoms with Crippen LogP contribution >= 0.6 is 0 Å². The Morgan fingerprint density at radius 2 is 1.88 bits per heavy atom. The third kappa shape index (κ3) is 5.25. The third-order valence-corrected chi connectivity index (χ3v) is 7.74. The first-order valence-corrected chi connectivity index (χ1v) is 13.3. The highest BCUT2D eigenvalue weighted by molar-refractivity contribution is 6.03. The van der Waals surface area contributed by atoms with E-state index in [1.165, 1.54) is 7.11 Å². The van der Waals surface area contributed by atoms with Gasteiger partial charge < -0.3 is 29.7 Å². The summed E-state index contributed by atoms with van der Waals surface area (Å²) in [5.74, 6) is 1.58. The molecule has 1 fully saturated rings. The van der Waals surface area contributed by atoms with E-state index in [1.807, 2.05) is 26.1 Å². The van der Waals surface area contributed by atoms with Crippen LogP contribution in [-0.4, -0.2) is 70.1 Å². The van der Waals surface area contributed by atoms with Crippen LogP contribution in [-0.2, 0) is 24.9 Å². The van der Waals surface area contributed by atoms with Gasteiger partial charge in [-0.15, -0.1) is 0 Å². The normalized spacial score (nSPS) is 18.3. The summed E-state index contributed by atoms with van der Waals surface area (Å²) in [5, 5.41) is 10.8. The van der Waals surface area contributed by atoms with E-state index in [4.69, 9.17) is 24.2 Å². The predicted octanol–water partition coefficient (Wildman–Crippen LogP) is 3.44. The average Bonchev–Trinajstić information content (AvgIpc) is 3.46. The Kier molecular flexibility index (Phi) is 7.76. The van der Waals surface area contributed by atoms with Gasteiger partial charge in [-0.2, -0.15) is 5.10 Å². The summed E-state index contributed by atoms with van der Waals surface area (Å²) in [5.41, 5.74) is 4.17. The molecule has 1 aliphatic heterocycles. The van der Waals surface area contributed by atoms with Crippen molar-refractivity contribution in [3.63, 3.8) is 0 Å². The second-order valence-corrected chi connectivity index (χ2v) is 10.1. The van der Waals surface area contributed by atoms with E-state index in [0.717, 1.165) is 42.5 Å². The van der Waals surface area contributed by atoms with Crippen molar-refractivity contribution in [2.24, 2.45) is 7.05 Å². The molecule has 0 spiro atoms. The highest BCUT2D eigenvalue weighted by Gasteiger charge is 2.36.